The van der Waals surface area contributed by atoms with Crippen molar-refractivity contribution in [1.82, 2.24) is 20.0 Å². The molecule has 0 saturated carbocycles. The van der Waals surface area contributed by atoms with E-state index in [-0.39, 0.29) is 28.9 Å². The van der Waals surface area contributed by atoms with Crippen LogP contribution in [0.5, 0.6) is 0 Å². The Bertz CT molecular complexity index is 900. The van der Waals surface area contributed by atoms with Gasteiger partial charge in [-0.2, -0.15) is 5.10 Å². The van der Waals surface area contributed by atoms with E-state index in [4.69, 9.17) is 0 Å². The molecule has 7 heteroatoms. The first-order valence-corrected chi connectivity index (χ1v) is 9.74. The third-order valence-electron chi connectivity index (χ3n) is 5.01. The number of hydrogen-bond acceptors (Lipinski definition) is 4. The average molecular weight is 382 g/mol. The van der Waals surface area contributed by atoms with Gasteiger partial charge in [0.05, 0.1) is 5.69 Å². The largest absolute Gasteiger partial charge is 0.356 e. The fourth-order valence-corrected chi connectivity index (χ4v) is 3.41. The minimum absolute atomic E-state index is 0.0499. The summed E-state index contributed by atoms with van der Waals surface area (Å²) in [5.41, 5.74) is 1.00. The zero-order chi connectivity index (χ0) is 20.1. The van der Waals surface area contributed by atoms with Crippen LogP contribution in [0.25, 0.3) is 5.69 Å². The van der Waals surface area contributed by atoms with Gasteiger partial charge >= 0.3 is 0 Å². The standard InChI is InChI=1S/C21H26N4O3/c1-3-11-22-20(27)16-9-12-24(13-10-16)21(28)19-18(26)14-15(2)25(23-19)17-7-5-4-6-8-17/h4-8,14,16H,3,9-13H2,1-2H3,(H,22,27). The predicted molar refractivity (Wildman–Crippen MR) is 106 cm³/mol. The van der Waals surface area contributed by atoms with E-state index in [9.17, 15) is 14.4 Å². The van der Waals surface area contributed by atoms with Gasteiger partial charge in [0.2, 0.25) is 11.3 Å². The van der Waals surface area contributed by atoms with Gasteiger partial charge in [-0.3, -0.25) is 14.4 Å². The van der Waals surface area contributed by atoms with Crippen molar-refractivity contribution < 1.29 is 9.59 Å². The fraction of sp³-hybridized carbons (Fsp3) is 0.429. The number of rotatable bonds is 5. The fourth-order valence-electron chi connectivity index (χ4n) is 3.41. The van der Waals surface area contributed by atoms with Crippen molar-refractivity contribution in [1.29, 1.82) is 0 Å². The van der Waals surface area contributed by atoms with Crippen molar-refractivity contribution in [2.24, 2.45) is 5.92 Å². The molecule has 1 aliphatic rings. The Morgan fingerprint density at radius 3 is 2.50 bits per heavy atom. The Kier molecular flexibility index (Phi) is 6.23. The van der Waals surface area contributed by atoms with Crippen LogP contribution in [0.3, 0.4) is 0 Å². The van der Waals surface area contributed by atoms with Crippen LogP contribution in [0.4, 0.5) is 0 Å². The highest BCUT2D eigenvalue weighted by Crippen LogP contribution is 2.18. The van der Waals surface area contributed by atoms with Crippen LogP contribution in [0.2, 0.25) is 0 Å². The Labute approximate surface area is 164 Å². The number of aryl methyl sites for hydroxylation is 1. The van der Waals surface area contributed by atoms with E-state index in [1.54, 1.807) is 16.5 Å². The number of amides is 2. The molecule has 1 N–H and O–H groups in total. The number of nitrogens with zero attached hydrogens (tertiary/aromatic N) is 3. The van der Waals surface area contributed by atoms with E-state index in [1.807, 2.05) is 37.3 Å². The molecule has 0 bridgehead atoms. The van der Waals surface area contributed by atoms with Gasteiger partial charge in [-0.05, 0) is 38.3 Å². The number of benzene rings is 1. The molecule has 0 radical (unpaired) electrons. The predicted octanol–water partition coefficient (Wildman–Crippen LogP) is 1.92. The van der Waals surface area contributed by atoms with Crippen molar-refractivity contribution in [3.8, 4) is 5.69 Å². The van der Waals surface area contributed by atoms with Gasteiger partial charge < -0.3 is 10.2 Å². The lowest BCUT2D eigenvalue weighted by Gasteiger charge is -2.31. The molecule has 1 saturated heterocycles. The van der Waals surface area contributed by atoms with Gasteiger partial charge in [-0.15, -0.1) is 0 Å². The van der Waals surface area contributed by atoms with Gasteiger partial charge in [0, 0.05) is 37.3 Å². The molecule has 3 rings (SSSR count). The van der Waals surface area contributed by atoms with Crippen LogP contribution >= 0.6 is 0 Å². The number of nitrogens with one attached hydrogen (secondary N) is 1. The van der Waals surface area contributed by atoms with Crippen molar-refractivity contribution in [2.45, 2.75) is 33.1 Å². The molecular formula is C21H26N4O3. The minimum Gasteiger partial charge on any atom is -0.356 e. The Morgan fingerprint density at radius 1 is 1.18 bits per heavy atom. The van der Waals surface area contributed by atoms with Crippen LogP contribution in [-0.2, 0) is 4.79 Å². The molecule has 1 aromatic heterocycles. The Balaban J connectivity index is 1.75. The van der Waals surface area contributed by atoms with Gasteiger partial charge in [-0.25, -0.2) is 4.68 Å². The molecule has 28 heavy (non-hydrogen) atoms. The van der Waals surface area contributed by atoms with Crippen LogP contribution < -0.4 is 10.7 Å². The van der Waals surface area contributed by atoms with E-state index < -0.39 is 0 Å². The summed E-state index contributed by atoms with van der Waals surface area (Å²) in [5.74, 6) is -0.404. The molecule has 148 valence electrons. The lowest BCUT2D eigenvalue weighted by molar-refractivity contribution is -0.126. The summed E-state index contributed by atoms with van der Waals surface area (Å²) in [5, 5.41) is 7.26. The maximum absolute atomic E-state index is 12.9. The second-order valence-electron chi connectivity index (χ2n) is 7.10. The first-order chi connectivity index (χ1) is 13.5. The smallest absolute Gasteiger partial charge is 0.278 e. The lowest BCUT2D eigenvalue weighted by Crippen LogP contribution is -2.44. The molecule has 1 aliphatic heterocycles. The molecule has 0 aliphatic carbocycles. The number of para-hydroxylation sites is 1. The van der Waals surface area contributed by atoms with Crippen LogP contribution in [0, 0.1) is 12.8 Å². The number of carbonyl (C=O) groups excluding carboxylic acids is 2. The summed E-state index contributed by atoms with van der Waals surface area (Å²) in [6.45, 7) is 5.37. The molecule has 2 amide bonds. The average Bonchev–Trinajstić information content (AvgIpc) is 2.72. The SMILES string of the molecule is CCCNC(=O)C1CCN(C(=O)c2nn(-c3ccccc3)c(C)cc2=O)CC1. The van der Waals surface area contributed by atoms with Gasteiger partial charge in [0.15, 0.2) is 5.69 Å². The van der Waals surface area contributed by atoms with Crippen molar-refractivity contribution >= 4 is 11.8 Å². The third kappa shape index (κ3) is 4.30. The van der Waals surface area contributed by atoms with Crippen LogP contribution in [-0.4, -0.2) is 46.1 Å². The van der Waals surface area contributed by atoms with Gasteiger partial charge in [0.1, 0.15) is 0 Å². The second-order valence-corrected chi connectivity index (χ2v) is 7.10. The minimum atomic E-state index is -0.377. The highest BCUT2D eigenvalue weighted by molar-refractivity contribution is 5.92. The quantitative estimate of drug-likeness (QED) is 0.856. The lowest BCUT2D eigenvalue weighted by atomic mass is 9.95. The molecule has 0 atom stereocenters. The molecule has 1 fully saturated rings. The molecule has 7 nitrogen and oxygen atoms in total. The van der Waals surface area contributed by atoms with E-state index in [0.717, 1.165) is 12.1 Å². The summed E-state index contributed by atoms with van der Waals surface area (Å²) in [7, 11) is 0. The number of carbonyl (C=O) groups is 2. The van der Waals surface area contributed by atoms with Crippen molar-refractivity contribution in [3.63, 3.8) is 0 Å². The normalized spacial score (nSPS) is 14.7. The molecule has 1 aromatic carbocycles. The summed E-state index contributed by atoms with van der Waals surface area (Å²) in [4.78, 5) is 39.1. The maximum atomic E-state index is 12.9. The first-order valence-electron chi connectivity index (χ1n) is 9.74. The van der Waals surface area contributed by atoms with E-state index in [0.29, 0.717) is 38.2 Å². The Morgan fingerprint density at radius 2 is 1.86 bits per heavy atom. The molecule has 0 spiro atoms. The molecular weight excluding hydrogens is 356 g/mol. The summed E-state index contributed by atoms with van der Waals surface area (Å²) < 4.78 is 1.61. The number of piperidine rings is 1. The highest BCUT2D eigenvalue weighted by atomic mass is 16.2. The third-order valence-corrected chi connectivity index (χ3v) is 5.01. The topological polar surface area (TPSA) is 84.3 Å². The van der Waals surface area contributed by atoms with E-state index in [1.165, 1.54) is 6.07 Å². The van der Waals surface area contributed by atoms with Gasteiger partial charge in [-0.1, -0.05) is 25.1 Å². The molecule has 2 heterocycles. The second kappa shape index (κ2) is 8.82. The Hall–Kier alpha value is -2.96. The number of likely N-dealkylation sites (tertiary alicyclic amines) is 1. The number of hydrogen-bond donors (Lipinski definition) is 1. The summed E-state index contributed by atoms with van der Waals surface area (Å²) >= 11 is 0. The van der Waals surface area contributed by atoms with Gasteiger partial charge in [0.25, 0.3) is 5.91 Å². The van der Waals surface area contributed by atoms with Crippen molar-refractivity contribution in [3.05, 3.63) is 58.0 Å². The van der Waals surface area contributed by atoms with Crippen molar-refractivity contribution in [2.75, 3.05) is 19.6 Å². The molecule has 2 aromatic rings. The number of aromatic nitrogens is 2. The molecule has 0 unspecified atom stereocenters. The van der Waals surface area contributed by atoms with Crippen LogP contribution in [0.15, 0.2) is 41.2 Å². The van der Waals surface area contributed by atoms with E-state index in [2.05, 4.69) is 10.4 Å². The zero-order valence-electron chi connectivity index (χ0n) is 16.4. The monoisotopic (exact) mass is 382 g/mol. The highest BCUT2D eigenvalue weighted by Gasteiger charge is 2.29. The van der Waals surface area contributed by atoms with E-state index >= 15 is 0 Å². The maximum Gasteiger partial charge on any atom is 0.278 e. The zero-order valence-corrected chi connectivity index (χ0v) is 16.4. The first kappa shape index (κ1) is 19.8. The summed E-state index contributed by atoms with van der Waals surface area (Å²) in [6, 6.07) is 10.8. The van der Waals surface area contributed by atoms with Crippen LogP contribution in [0.1, 0.15) is 42.4 Å². The summed E-state index contributed by atoms with van der Waals surface area (Å²) in [6.07, 6.45) is 2.09.